The third-order valence-electron chi connectivity index (χ3n) is 7.12. The number of hydrogen-bond donors (Lipinski definition) is 2. The Balaban J connectivity index is 1.01. The lowest BCUT2D eigenvalue weighted by molar-refractivity contribution is -0.145. The lowest BCUT2D eigenvalue weighted by atomic mass is 10.1. The number of piperidine rings is 1. The van der Waals surface area contributed by atoms with Gasteiger partial charge in [0, 0.05) is 49.7 Å². The quantitative estimate of drug-likeness (QED) is 0.321. The highest BCUT2D eigenvalue weighted by atomic mass is 35.5. The van der Waals surface area contributed by atoms with E-state index < -0.39 is 29.5 Å². The van der Waals surface area contributed by atoms with E-state index in [9.17, 15) is 18.7 Å². The minimum Gasteiger partial charge on any atom is -0.492 e. The molecule has 2 unspecified atom stereocenters. The average Bonchev–Trinajstić information content (AvgIpc) is 3.35. The van der Waals surface area contributed by atoms with Gasteiger partial charge in [-0.3, -0.25) is 4.90 Å². The van der Waals surface area contributed by atoms with Crippen molar-refractivity contribution in [1.82, 2.24) is 10.2 Å². The molecular weight excluding hydrogens is 514 g/mol. The fraction of sp³-hybridized carbons (Fsp3) is 0.345. The van der Waals surface area contributed by atoms with Crippen LogP contribution in [0.3, 0.4) is 0 Å². The van der Waals surface area contributed by atoms with Crippen LogP contribution in [0, 0.1) is 23.5 Å². The maximum absolute atomic E-state index is 13.8. The van der Waals surface area contributed by atoms with E-state index in [0.29, 0.717) is 35.8 Å². The van der Waals surface area contributed by atoms with Gasteiger partial charge in [0.25, 0.3) is 0 Å². The van der Waals surface area contributed by atoms with Crippen LogP contribution in [0.15, 0.2) is 66.7 Å². The van der Waals surface area contributed by atoms with E-state index >= 15 is 0 Å². The van der Waals surface area contributed by atoms with E-state index in [2.05, 4.69) is 22.3 Å². The maximum Gasteiger partial charge on any atom is 0.345 e. The number of carboxylic acid groups (broad SMARTS) is 1. The Morgan fingerprint density at radius 1 is 1.03 bits per heavy atom. The molecule has 3 aromatic carbocycles. The molecule has 1 aliphatic carbocycles. The lowest BCUT2D eigenvalue weighted by Crippen LogP contribution is -2.33. The summed E-state index contributed by atoms with van der Waals surface area (Å²) in [7, 11) is 0. The second kappa shape index (κ2) is 11.7. The van der Waals surface area contributed by atoms with Gasteiger partial charge in [0.05, 0.1) is 0 Å². The second-order valence-corrected chi connectivity index (χ2v) is 10.3. The van der Waals surface area contributed by atoms with E-state index in [1.165, 1.54) is 5.56 Å². The molecule has 3 aromatic rings. The molecule has 1 saturated heterocycles. The van der Waals surface area contributed by atoms with Crippen LogP contribution in [0.1, 0.15) is 11.1 Å². The van der Waals surface area contributed by atoms with E-state index in [0.717, 1.165) is 49.4 Å². The fourth-order valence-corrected chi connectivity index (χ4v) is 5.25. The maximum atomic E-state index is 13.8. The summed E-state index contributed by atoms with van der Waals surface area (Å²) < 4.78 is 38.3. The number of nitrogens with one attached hydrogen (secondary N) is 1. The molecule has 9 heteroatoms. The van der Waals surface area contributed by atoms with E-state index in [4.69, 9.17) is 21.1 Å². The van der Waals surface area contributed by atoms with Crippen LogP contribution in [0.4, 0.5) is 8.78 Å². The molecule has 1 heterocycles. The van der Waals surface area contributed by atoms with Crippen LogP contribution in [-0.2, 0) is 17.8 Å². The first-order valence-electron chi connectivity index (χ1n) is 12.6. The summed E-state index contributed by atoms with van der Waals surface area (Å²) in [4.78, 5) is 14.1. The standard InChI is InChI=1S/C29H29ClF2N2O4/c30-20-5-1-19(2-6-20)15-34-16-23-24(17-34)28(23)33-11-12-37-22-8-3-18(4-9-22)13-27(29(35)36)38-26-14-21(31)7-10-25(26)32/h1-10,14,23-24,27-28,33H,11-13,15-17H2,(H,35,36)/t23?,24?,27-,28?/m0/s1. The minimum atomic E-state index is -1.36. The van der Waals surface area contributed by atoms with E-state index in [1.807, 2.05) is 12.1 Å². The summed E-state index contributed by atoms with van der Waals surface area (Å²) in [5.74, 6) is -1.18. The largest absolute Gasteiger partial charge is 0.492 e. The molecular formula is C29H29ClF2N2O4. The highest BCUT2D eigenvalue weighted by Gasteiger charge is 2.55. The Morgan fingerprint density at radius 2 is 1.71 bits per heavy atom. The van der Waals surface area contributed by atoms with E-state index in [1.54, 1.807) is 24.3 Å². The molecule has 0 aromatic heterocycles. The number of carboxylic acids is 1. The molecule has 1 aliphatic heterocycles. The van der Waals surface area contributed by atoms with Gasteiger partial charge >= 0.3 is 5.97 Å². The molecule has 3 atom stereocenters. The molecule has 200 valence electrons. The van der Waals surface area contributed by atoms with E-state index in [-0.39, 0.29) is 6.42 Å². The van der Waals surface area contributed by atoms with Crippen LogP contribution in [-0.4, -0.2) is 54.4 Å². The molecule has 0 radical (unpaired) electrons. The zero-order valence-electron chi connectivity index (χ0n) is 20.7. The van der Waals surface area contributed by atoms with Gasteiger partial charge in [-0.15, -0.1) is 0 Å². The van der Waals surface area contributed by atoms with Gasteiger partial charge in [0.15, 0.2) is 17.7 Å². The SMILES string of the molecule is O=C(O)[C@H](Cc1ccc(OCCNC2C3CN(Cc4ccc(Cl)cc4)CC32)cc1)Oc1cc(F)ccc1F. The molecule has 38 heavy (non-hydrogen) atoms. The van der Waals surface area contributed by atoms with Gasteiger partial charge in [0.1, 0.15) is 18.2 Å². The predicted octanol–water partition coefficient (Wildman–Crippen LogP) is 4.79. The molecule has 0 amide bonds. The van der Waals surface area contributed by atoms with Crippen LogP contribution < -0.4 is 14.8 Å². The van der Waals surface area contributed by atoms with Crippen molar-refractivity contribution in [3.63, 3.8) is 0 Å². The summed E-state index contributed by atoms with van der Waals surface area (Å²) >= 11 is 5.97. The zero-order chi connectivity index (χ0) is 26.6. The van der Waals surface area contributed by atoms with Crippen molar-refractivity contribution in [2.45, 2.75) is 25.1 Å². The Hall–Kier alpha value is -3.20. The predicted molar refractivity (Wildman–Crippen MR) is 140 cm³/mol. The number of benzene rings is 3. The summed E-state index contributed by atoms with van der Waals surface area (Å²) in [6, 6.07) is 18.3. The molecule has 6 nitrogen and oxygen atoms in total. The highest BCUT2D eigenvalue weighted by Crippen LogP contribution is 2.45. The number of fused-ring (bicyclic) bond motifs is 1. The number of rotatable bonds is 12. The topological polar surface area (TPSA) is 71.0 Å². The van der Waals surface area contributed by atoms with Crippen molar-refractivity contribution in [3.8, 4) is 11.5 Å². The summed E-state index contributed by atoms with van der Waals surface area (Å²) in [5.41, 5.74) is 1.96. The second-order valence-electron chi connectivity index (χ2n) is 9.84. The number of hydrogen-bond acceptors (Lipinski definition) is 5. The van der Waals surface area contributed by atoms with Crippen LogP contribution >= 0.6 is 11.6 Å². The van der Waals surface area contributed by atoms with Gasteiger partial charge in [-0.2, -0.15) is 0 Å². The first-order chi connectivity index (χ1) is 18.4. The first-order valence-corrected chi connectivity index (χ1v) is 13.0. The number of likely N-dealkylation sites (tertiary alicyclic amines) is 1. The number of nitrogens with zero attached hydrogens (tertiary/aromatic N) is 1. The van der Waals surface area contributed by atoms with Crippen LogP contribution in [0.2, 0.25) is 5.02 Å². The van der Waals surface area contributed by atoms with Crippen molar-refractivity contribution in [3.05, 3.63) is 94.5 Å². The van der Waals surface area contributed by atoms with Crippen molar-refractivity contribution in [1.29, 1.82) is 0 Å². The van der Waals surface area contributed by atoms with Gasteiger partial charge in [-0.25, -0.2) is 13.6 Å². The lowest BCUT2D eigenvalue weighted by Gasteiger charge is -2.20. The molecule has 0 bridgehead atoms. The molecule has 0 spiro atoms. The van der Waals surface area contributed by atoms with Crippen molar-refractivity contribution >= 4 is 17.6 Å². The van der Waals surface area contributed by atoms with Gasteiger partial charge in [-0.05, 0) is 59.4 Å². The van der Waals surface area contributed by atoms with Crippen molar-refractivity contribution < 1.29 is 28.2 Å². The number of ether oxygens (including phenoxy) is 2. The van der Waals surface area contributed by atoms with Gasteiger partial charge in [0.2, 0.25) is 0 Å². The third kappa shape index (κ3) is 6.62. The average molecular weight is 543 g/mol. The number of carbonyl (C=O) groups is 1. The van der Waals surface area contributed by atoms with Crippen molar-refractivity contribution in [2.75, 3.05) is 26.2 Å². The normalized spacial score (nSPS) is 21.1. The summed E-state index contributed by atoms with van der Waals surface area (Å²) in [6.45, 7) is 4.41. The molecule has 2 fully saturated rings. The Kier molecular flexibility index (Phi) is 8.12. The summed E-state index contributed by atoms with van der Waals surface area (Å²) in [5, 5.41) is 13.8. The monoisotopic (exact) mass is 542 g/mol. The summed E-state index contributed by atoms with van der Waals surface area (Å²) in [6.07, 6.45) is -1.37. The van der Waals surface area contributed by atoms with Gasteiger partial charge < -0.3 is 19.9 Å². The molecule has 2 N–H and O–H groups in total. The Bertz CT molecular complexity index is 1250. The highest BCUT2D eigenvalue weighted by molar-refractivity contribution is 6.30. The Morgan fingerprint density at radius 3 is 2.39 bits per heavy atom. The minimum absolute atomic E-state index is 0.00733. The third-order valence-corrected chi connectivity index (χ3v) is 7.37. The molecule has 1 saturated carbocycles. The van der Waals surface area contributed by atoms with Crippen LogP contribution in [0.5, 0.6) is 11.5 Å². The van der Waals surface area contributed by atoms with Crippen LogP contribution in [0.25, 0.3) is 0 Å². The van der Waals surface area contributed by atoms with Crippen molar-refractivity contribution in [2.24, 2.45) is 11.8 Å². The smallest absolute Gasteiger partial charge is 0.345 e. The molecule has 2 aliphatic rings. The fourth-order valence-electron chi connectivity index (χ4n) is 5.12. The number of halogens is 3. The first kappa shape index (κ1) is 26.4. The number of aliphatic carboxylic acids is 1. The zero-order valence-corrected chi connectivity index (χ0v) is 21.4. The van der Waals surface area contributed by atoms with Gasteiger partial charge in [-0.1, -0.05) is 35.9 Å². The Labute approximate surface area is 225 Å². The molecule has 5 rings (SSSR count).